The molecule has 0 spiro atoms. The first-order chi connectivity index (χ1) is 31.5. The molecule has 360 valence electrons. The van der Waals surface area contributed by atoms with Crippen LogP contribution in [0.5, 0.6) is 0 Å². The zero-order valence-corrected chi connectivity index (χ0v) is 38.7. The molecular formula is C51H72N6O9. The predicted molar refractivity (Wildman–Crippen MR) is 250 cm³/mol. The quantitative estimate of drug-likeness (QED) is 0.0525. The van der Waals surface area contributed by atoms with E-state index in [4.69, 9.17) is 5.73 Å². The maximum atomic E-state index is 13.7. The number of amides is 1. The monoisotopic (exact) mass is 913 g/mol. The van der Waals surface area contributed by atoms with Crippen LogP contribution in [0.15, 0.2) is 60.8 Å². The molecule has 1 amide bonds. The maximum Gasteiger partial charge on any atom is 0.326 e. The number of aromatic amines is 1. The number of H-pyrrole nitrogens is 1. The van der Waals surface area contributed by atoms with Crippen LogP contribution < -0.4 is 27.0 Å². The lowest BCUT2D eigenvalue weighted by molar-refractivity contribution is -0.155. The molecule has 7 rings (SSSR count). The van der Waals surface area contributed by atoms with Gasteiger partial charge in [0.15, 0.2) is 0 Å². The van der Waals surface area contributed by atoms with Crippen molar-refractivity contribution in [2.24, 2.45) is 52.1 Å². The Labute approximate surface area is 387 Å². The number of aromatic nitrogens is 1. The lowest BCUT2D eigenvalue weighted by Crippen LogP contribution is -2.68. The molecule has 4 aliphatic rings. The maximum absolute atomic E-state index is 13.7. The van der Waals surface area contributed by atoms with Crippen LogP contribution >= 0.6 is 0 Å². The van der Waals surface area contributed by atoms with E-state index >= 15 is 0 Å². The van der Waals surface area contributed by atoms with E-state index in [0.717, 1.165) is 61.4 Å². The molecule has 0 saturated heterocycles. The Bertz CT molecular complexity index is 2190. The highest BCUT2D eigenvalue weighted by atomic mass is 16.4. The molecule has 4 saturated carbocycles. The highest BCUT2D eigenvalue weighted by Crippen LogP contribution is 2.68. The number of hydrogen-bond acceptors (Lipinski definition) is 9. The third-order valence-electron chi connectivity index (χ3n) is 17.1. The van der Waals surface area contributed by atoms with E-state index in [1.165, 1.54) is 0 Å². The van der Waals surface area contributed by atoms with Crippen LogP contribution in [0, 0.1) is 46.3 Å². The molecule has 15 heteroatoms. The number of carboxylic acid groups (broad SMARTS) is 4. The number of carbonyl (C=O) groups excluding carboxylic acids is 1. The normalized spacial score (nSPS) is 31.1. The summed E-state index contributed by atoms with van der Waals surface area (Å²) < 4.78 is 0. The molecule has 3 aromatic rings. The standard InChI is InChI=1S/C51H72N6O9/c1-29(16-19-43(58)56-41(48(63)64)23-31-27-54-38-14-8-7-13-34(31)38)35-17-18-36-45-37(26-42(51(35,36)3)57-46(49(65)66)30-11-5-4-6-12-30)50(2)21-20-33(53-28-44(59)60)24-32(50)25-40(45)55-39(47(61)62)15-9-10-22-52/h4-8,11-14,27,29,32-33,35-37,39-42,45-46,53-55,57H,9-10,15-26,28,52H2,1-3H3,(H,56,58)(H,59,60)(H,61,62)(H,63,64)(H,65,66)/t29-,32?,33?,35?,36?,37?,39?,40?,41?,42?,45?,46?,50+,51-/m1/s1. The zero-order chi connectivity index (χ0) is 47.3. The van der Waals surface area contributed by atoms with Crippen molar-refractivity contribution in [3.63, 3.8) is 0 Å². The van der Waals surface area contributed by atoms with Gasteiger partial charge in [0, 0.05) is 48.1 Å². The fourth-order valence-electron chi connectivity index (χ4n) is 13.8. The van der Waals surface area contributed by atoms with Crippen LogP contribution in [-0.2, 0) is 30.4 Å². The van der Waals surface area contributed by atoms with Gasteiger partial charge in [-0.15, -0.1) is 0 Å². The Kier molecular flexibility index (Phi) is 15.6. The SMILES string of the molecule is C[C@H](CCC(=O)NC(Cc1c[nH]c2ccccc12)C(=O)O)C1CCC2C3C(NC(CCCCN)C(=O)O)CC4CC(NCC(=O)O)CC[C@]4(C)C3CC(NC(C(=O)O)c3ccccc3)[C@@]21C. The predicted octanol–water partition coefficient (Wildman–Crippen LogP) is 5.94. The molecule has 15 nitrogen and oxygen atoms in total. The third kappa shape index (κ3) is 10.3. The van der Waals surface area contributed by atoms with Gasteiger partial charge in [0.1, 0.15) is 18.1 Å². The summed E-state index contributed by atoms with van der Waals surface area (Å²) in [4.78, 5) is 67.1. The number of fused-ring (bicyclic) bond motifs is 6. The molecule has 1 heterocycles. The first-order valence-corrected chi connectivity index (χ1v) is 24.3. The third-order valence-corrected chi connectivity index (χ3v) is 17.1. The summed E-state index contributed by atoms with van der Waals surface area (Å²) >= 11 is 0. The molecule has 0 bridgehead atoms. The van der Waals surface area contributed by atoms with Crippen molar-refractivity contribution >= 4 is 40.7 Å². The van der Waals surface area contributed by atoms with Crippen LogP contribution in [0.2, 0.25) is 0 Å². The van der Waals surface area contributed by atoms with Gasteiger partial charge >= 0.3 is 23.9 Å². The van der Waals surface area contributed by atoms with Gasteiger partial charge in [0.2, 0.25) is 5.91 Å². The molecule has 11 unspecified atom stereocenters. The number of para-hydroxylation sites is 1. The summed E-state index contributed by atoms with van der Waals surface area (Å²) in [5.74, 6) is -3.67. The van der Waals surface area contributed by atoms with Gasteiger partial charge < -0.3 is 47.1 Å². The first kappa shape index (κ1) is 49.1. The van der Waals surface area contributed by atoms with Gasteiger partial charge in [0.25, 0.3) is 0 Å². The molecule has 0 radical (unpaired) electrons. The van der Waals surface area contributed by atoms with Gasteiger partial charge in [-0.1, -0.05) is 75.7 Å². The Morgan fingerprint density at radius 3 is 2.24 bits per heavy atom. The van der Waals surface area contributed by atoms with E-state index in [2.05, 4.69) is 47.0 Å². The second-order valence-corrected chi connectivity index (χ2v) is 20.6. The number of nitrogens with one attached hydrogen (secondary N) is 5. The van der Waals surface area contributed by atoms with Crippen molar-refractivity contribution in [3.05, 3.63) is 71.9 Å². The summed E-state index contributed by atoms with van der Waals surface area (Å²) in [7, 11) is 0. The minimum Gasteiger partial charge on any atom is -0.480 e. The van der Waals surface area contributed by atoms with E-state index in [0.29, 0.717) is 37.8 Å². The van der Waals surface area contributed by atoms with E-state index in [1.54, 1.807) is 6.20 Å². The van der Waals surface area contributed by atoms with Gasteiger partial charge in [-0.25, -0.2) is 4.79 Å². The Balaban J connectivity index is 1.19. The lowest BCUT2D eigenvalue weighted by atomic mass is 9.42. The minimum absolute atomic E-state index is 0.0145. The molecular weight excluding hydrogens is 841 g/mol. The lowest BCUT2D eigenvalue weighted by Gasteiger charge is -2.66. The fourth-order valence-corrected chi connectivity index (χ4v) is 13.8. The molecule has 4 fully saturated rings. The second kappa shape index (κ2) is 21.0. The van der Waals surface area contributed by atoms with Gasteiger partial charge in [-0.3, -0.25) is 24.5 Å². The molecule has 0 aliphatic heterocycles. The topological polar surface area (TPSA) is 256 Å². The van der Waals surface area contributed by atoms with Gasteiger partial charge in [-0.05, 0) is 134 Å². The Hall–Kier alpha value is -4.83. The van der Waals surface area contributed by atoms with Gasteiger partial charge in [-0.2, -0.15) is 0 Å². The van der Waals surface area contributed by atoms with E-state index < -0.39 is 47.4 Å². The smallest absolute Gasteiger partial charge is 0.326 e. The number of hydrogen-bond donors (Lipinski definition) is 10. The number of carbonyl (C=O) groups is 5. The Morgan fingerprint density at radius 2 is 1.55 bits per heavy atom. The van der Waals surface area contributed by atoms with Crippen molar-refractivity contribution in [2.45, 2.75) is 140 Å². The average Bonchev–Trinajstić information content (AvgIpc) is 3.87. The number of unbranched alkanes of at least 4 members (excludes halogenated alkanes) is 1. The van der Waals surface area contributed by atoms with E-state index in [1.807, 2.05) is 54.6 Å². The van der Waals surface area contributed by atoms with Crippen molar-refractivity contribution in [1.82, 2.24) is 26.3 Å². The van der Waals surface area contributed by atoms with Crippen LogP contribution in [0.25, 0.3) is 10.9 Å². The number of nitrogens with two attached hydrogens (primary N) is 1. The van der Waals surface area contributed by atoms with Crippen LogP contribution in [-0.4, -0.2) is 98.5 Å². The Morgan fingerprint density at radius 1 is 0.818 bits per heavy atom. The zero-order valence-electron chi connectivity index (χ0n) is 38.7. The average molecular weight is 913 g/mol. The van der Waals surface area contributed by atoms with Crippen LogP contribution in [0.1, 0.15) is 115 Å². The molecule has 14 atom stereocenters. The van der Waals surface area contributed by atoms with Crippen molar-refractivity contribution in [2.75, 3.05) is 13.1 Å². The van der Waals surface area contributed by atoms with E-state index in [-0.39, 0.29) is 84.3 Å². The minimum atomic E-state index is -1.11. The first-order valence-electron chi connectivity index (χ1n) is 24.3. The van der Waals surface area contributed by atoms with Gasteiger partial charge in [0.05, 0.1) is 6.54 Å². The largest absolute Gasteiger partial charge is 0.480 e. The molecule has 1 aromatic heterocycles. The summed E-state index contributed by atoms with van der Waals surface area (Å²) in [5, 5.41) is 55.6. The number of aliphatic carboxylic acids is 4. The molecule has 2 aromatic carbocycles. The summed E-state index contributed by atoms with van der Waals surface area (Å²) in [5.41, 5.74) is 7.58. The molecule has 11 N–H and O–H groups in total. The van der Waals surface area contributed by atoms with E-state index in [9.17, 15) is 44.4 Å². The molecule has 4 aliphatic carbocycles. The molecule has 66 heavy (non-hydrogen) atoms. The summed E-state index contributed by atoms with van der Waals surface area (Å²) in [6.45, 7) is 7.20. The number of benzene rings is 2. The highest BCUT2D eigenvalue weighted by molar-refractivity contribution is 5.86. The van der Waals surface area contributed by atoms with Crippen molar-refractivity contribution in [3.8, 4) is 0 Å². The van der Waals surface area contributed by atoms with Crippen molar-refractivity contribution in [1.29, 1.82) is 0 Å². The number of rotatable bonds is 22. The highest BCUT2D eigenvalue weighted by Gasteiger charge is 2.66. The second-order valence-electron chi connectivity index (χ2n) is 20.6. The summed E-state index contributed by atoms with van der Waals surface area (Å²) in [6, 6.07) is 13.7. The summed E-state index contributed by atoms with van der Waals surface area (Å²) in [6.07, 6.45) is 9.99. The fraction of sp³-hybridized carbons (Fsp3) is 0.627. The van der Waals surface area contributed by atoms with Crippen LogP contribution in [0.3, 0.4) is 0 Å². The van der Waals surface area contributed by atoms with Crippen LogP contribution in [0.4, 0.5) is 0 Å². The number of carboxylic acids is 4. The van der Waals surface area contributed by atoms with Crippen molar-refractivity contribution < 1.29 is 44.4 Å².